The van der Waals surface area contributed by atoms with Gasteiger partial charge >= 0.3 is 0 Å². The van der Waals surface area contributed by atoms with Gasteiger partial charge in [-0.2, -0.15) is 0 Å². The van der Waals surface area contributed by atoms with Crippen molar-refractivity contribution in [1.29, 1.82) is 0 Å². The second-order valence-electron chi connectivity index (χ2n) is 3.19. The minimum absolute atomic E-state index is 0.113. The average Bonchev–Trinajstić information content (AvgIpc) is 2.91. The van der Waals surface area contributed by atoms with E-state index < -0.39 is 12.2 Å². The molecule has 1 heterocycles. The molecule has 4 atom stereocenters. The van der Waals surface area contributed by atoms with Crippen molar-refractivity contribution in [1.82, 2.24) is 0 Å². The Morgan fingerprint density at radius 1 is 1.54 bits per heavy atom. The molecule has 0 spiro atoms. The van der Waals surface area contributed by atoms with Crippen molar-refractivity contribution in [2.24, 2.45) is 0 Å². The molecule has 0 aromatic rings. The second kappa shape index (κ2) is 5.10. The van der Waals surface area contributed by atoms with Crippen LogP contribution >= 0.6 is 15.9 Å². The summed E-state index contributed by atoms with van der Waals surface area (Å²) in [5.41, 5.74) is 0. The van der Waals surface area contributed by atoms with E-state index in [0.29, 0.717) is 0 Å². The molecule has 1 saturated heterocycles. The summed E-state index contributed by atoms with van der Waals surface area (Å²) in [5, 5.41) is 19.6. The van der Waals surface area contributed by atoms with Crippen LogP contribution in [0, 0.1) is 0 Å². The molecule has 13 heavy (non-hydrogen) atoms. The van der Waals surface area contributed by atoms with Crippen LogP contribution < -0.4 is 0 Å². The van der Waals surface area contributed by atoms with Crippen molar-refractivity contribution in [3.05, 3.63) is 12.7 Å². The summed E-state index contributed by atoms with van der Waals surface area (Å²) in [5.74, 6) is 0. The molecule has 0 aliphatic carbocycles. The first-order valence-electron chi connectivity index (χ1n) is 4.40. The Kier molecular flexibility index (Phi) is 4.38. The fourth-order valence-electron chi connectivity index (χ4n) is 1.30. The Balaban J connectivity index is 2.21. The van der Waals surface area contributed by atoms with Gasteiger partial charge in [0, 0.05) is 5.33 Å². The second-order valence-corrected chi connectivity index (χ2v) is 3.98. The Hall–Kier alpha value is 0.100. The molecule has 2 N–H and O–H groups in total. The van der Waals surface area contributed by atoms with Crippen LogP contribution in [0.1, 0.15) is 12.8 Å². The molecule has 3 nitrogen and oxygen atoms in total. The molecular formula is C9H15BrO3. The smallest absolute Gasteiger partial charge is 0.113 e. The van der Waals surface area contributed by atoms with Gasteiger partial charge in [0.2, 0.25) is 0 Å². The highest BCUT2D eigenvalue weighted by Crippen LogP contribution is 2.31. The largest absolute Gasteiger partial charge is 0.387 e. The zero-order valence-electron chi connectivity index (χ0n) is 7.40. The van der Waals surface area contributed by atoms with Gasteiger partial charge in [-0.1, -0.05) is 22.0 Å². The first-order chi connectivity index (χ1) is 6.20. The molecule has 4 heteroatoms. The third-order valence-corrected chi connectivity index (χ3v) is 2.73. The molecule has 0 radical (unpaired) electrons. The molecule has 0 amide bonds. The predicted octanol–water partition coefficient (Wildman–Crippen LogP) is 0.837. The lowest BCUT2D eigenvalue weighted by atomic mass is 10.1. The number of alkyl halides is 1. The Morgan fingerprint density at radius 3 is 2.77 bits per heavy atom. The lowest BCUT2D eigenvalue weighted by Crippen LogP contribution is -2.30. The van der Waals surface area contributed by atoms with Gasteiger partial charge in [0.25, 0.3) is 0 Å². The van der Waals surface area contributed by atoms with Crippen LogP contribution in [0.5, 0.6) is 0 Å². The molecule has 1 fully saturated rings. The van der Waals surface area contributed by atoms with Gasteiger partial charge in [0.1, 0.15) is 18.3 Å². The number of aliphatic hydroxyl groups is 2. The standard InChI is InChI=1S/C9H15BrO3/c1-2-6(11)8(12)9-7(13-9)4-3-5-10/h2,6-9,11-12H,1,3-5H2/t6-,7-,8-,9+/m1/s1. The molecule has 1 aliphatic heterocycles. The van der Waals surface area contributed by atoms with Crippen LogP contribution in [0.3, 0.4) is 0 Å². The Bertz CT molecular complexity index is 174. The summed E-state index contributed by atoms with van der Waals surface area (Å²) in [7, 11) is 0. The van der Waals surface area contributed by atoms with Gasteiger partial charge in [-0.05, 0) is 12.8 Å². The molecule has 0 saturated carbocycles. The molecule has 0 unspecified atom stereocenters. The number of halogens is 1. The third kappa shape index (κ3) is 3.06. The monoisotopic (exact) mass is 250 g/mol. The van der Waals surface area contributed by atoms with E-state index in [9.17, 15) is 10.2 Å². The highest BCUT2D eigenvalue weighted by Gasteiger charge is 2.45. The number of ether oxygens (including phenoxy) is 1. The minimum atomic E-state index is -0.876. The van der Waals surface area contributed by atoms with E-state index >= 15 is 0 Å². The zero-order chi connectivity index (χ0) is 9.84. The lowest BCUT2D eigenvalue weighted by molar-refractivity contribution is 0.0295. The van der Waals surface area contributed by atoms with Crippen LogP contribution in [0.2, 0.25) is 0 Å². The third-order valence-electron chi connectivity index (χ3n) is 2.17. The van der Waals surface area contributed by atoms with E-state index in [-0.39, 0.29) is 12.2 Å². The molecule has 0 aromatic heterocycles. The van der Waals surface area contributed by atoms with Crippen molar-refractivity contribution >= 4 is 15.9 Å². The van der Waals surface area contributed by atoms with Crippen molar-refractivity contribution in [2.75, 3.05) is 5.33 Å². The van der Waals surface area contributed by atoms with Gasteiger partial charge in [0.05, 0.1) is 6.10 Å². The quantitative estimate of drug-likeness (QED) is 0.418. The van der Waals surface area contributed by atoms with E-state index in [0.717, 1.165) is 18.2 Å². The number of rotatable bonds is 6. The van der Waals surface area contributed by atoms with E-state index in [4.69, 9.17) is 4.74 Å². The maximum absolute atomic E-state index is 9.47. The summed E-state index contributed by atoms with van der Waals surface area (Å²) >= 11 is 3.32. The fraction of sp³-hybridized carbons (Fsp3) is 0.778. The first kappa shape index (κ1) is 11.2. The van der Waals surface area contributed by atoms with Crippen LogP contribution in [0.4, 0.5) is 0 Å². The summed E-state index contributed by atoms with van der Waals surface area (Å²) in [6.45, 7) is 3.41. The maximum atomic E-state index is 9.47. The fourth-order valence-corrected chi connectivity index (χ4v) is 1.63. The highest BCUT2D eigenvalue weighted by molar-refractivity contribution is 9.09. The number of epoxide rings is 1. The van der Waals surface area contributed by atoms with Crippen molar-refractivity contribution < 1.29 is 14.9 Å². The first-order valence-corrected chi connectivity index (χ1v) is 5.53. The van der Waals surface area contributed by atoms with Crippen molar-refractivity contribution in [2.45, 2.75) is 37.3 Å². The number of hydrogen-bond acceptors (Lipinski definition) is 3. The summed E-state index contributed by atoms with van der Waals surface area (Å²) in [4.78, 5) is 0. The number of aliphatic hydroxyl groups excluding tert-OH is 2. The Morgan fingerprint density at radius 2 is 2.23 bits per heavy atom. The van der Waals surface area contributed by atoms with Gasteiger partial charge in [-0.25, -0.2) is 0 Å². The predicted molar refractivity (Wildman–Crippen MR) is 53.9 cm³/mol. The molecule has 0 bridgehead atoms. The van der Waals surface area contributed by atoms with Crippen LogP contribution in [0.15, 0.2) is 12.7 Å². The van der Waals surface area contributed by atoms with Gasteiger partial charge in [-0.15, -0.1) is 6.58 Å². The van der Waals surface area contributed by atoms with Gasteiger partial charge in [-0.3, -0.25) is 0 Å². The molecule has 1 rings (SSSR count). The zero-order valence-corrected chi connectivity index (χ0v) is 8.98. The van der Waals surface area contributed by atoms with Crippen LogP contribution in [-0.2, 0) is 4.74 Å². The summed E-state index contributed by atoms with van der Waals surface area (Å²) in [6, 6.07) is 0. The Labute approximate surface area is 86.5 Å². The normalized spacial score (nSPS) is 31.0. The van der Waals surface area contributed by atoms with E-state index in [2.05, 4.69) is 22.5 Å². The average molecular weight is 251 g/mol. The number of hydrogen-bond donors (Lipinski definition) is 2. The SMILES string of the molecule is C=C[C@@H](O)[C@@H](O)[C@H]1O[C@@H]1CCCBr. The summed E-state index contributed by atoms with van der Waals surface area (Å²) < 4.78 is 5.23. The van der Waals surface area contributed by atoms with Crippen molar-refractivity contribution in [3.63, 3.8) is 0 Å². The van der Waals surface area contributed by atoms with Gasteiger partial charge in [0.15, 0.2) is 0 Å². The highest BCUT2D eigenvalue weighted by atomic mass is 79.9. The summed E-state index contributed by atoms with van der Waals surface area (Å²) in [6.07, 6.45) is 1.49. The molecule has 0 aromatic carbocycles. The van der Waals surface area contributed by atoms with E-state index in [1.54, 1.807) is 0 Å². The van der Waals surface area contributed by atoms with Crippen LogP contribution in [-0.4, -0.2) is 40.0 Å². The maximum Gasteiger partial charge on any atom is 0.113 e. The topological polar surface area (TPSA) is 53.0 Å². The molecule has 76 valence electrons. The van der Waals surface area contributed by atoms with E-state index in [1.807, 2.05) is 0 Å². The lowest BCUT2D eigenvalue weighted by Gasteiger charge is -2.10. The van der Waals surface area contributed by atoms with Gasteiger partial charge < -0.3 is 14.9 Å². The minimum Gasteiger partial charge on any atom is -0.387 e. The van der Waals surface area contributed by atoms with E-state index in [1.165, 1.54) is 6.08 Å². The van der Waals surface area contributed by atoms with Crippen LogP contribution in [0.25, 0.3) is 0 Å². The van der Waals surface area contributed by atoms with Crippen molar-refractivity contribution in [3.8, 4) is 0 Å². The molecular weight excluding hydrogens is 236 g/mol. The molecule has 1 aliphatic rings.